The molecule has 6 heteroatoms. The first kappa shape index (κ1) is 11.6. The Kier molecular flexibility index (Phi) is 5.48. The first-order valence-corrected chi connectivity index (χ1v) is 2.30. The highest BCUT2D eigenvalue weighted by atomic mass is 16.4. The summed E-state index contributed by atoms with van der Waals surface area (Å²) < 4.78 is 0. The molecule has 10 heavy (non-hydrogen) atoms. The van der Waals surface area contributed by atoms with Gasteiger partial charge in [0.25, 0.3) is 0 Å². The van der Waals surface area contributed by atoms with Gasteiger partial charge in [-0.1, -0.05) is 0 Å². The smallest absolute Gasteiger partial charge is 0.321 e. The van der Waals surface area contributed by atoms with Gasteiger partial charge in [0, 0.05) is 0 Å². The molecule has 0 aliphatic carbocycles. The minimum absolute atomic E-state index is 0. The summed E-state index contributed by atoms with van der Waals surface area (Å²) >= 11 is 0. The predicted octanol–water partition coefficient (Wildman–Crippen LogP) is -2.55. The van der Waals surface area contributed by atoms with Gasteiger partial charge < -0.3 is 22.1 Å². The maximum absolute atomic E-state index is 9.99. The van der Waals surface area contributed by atoms with E-state index in [0.717, 1.165) is 0 Å². The van der Waals surface area contributed by atoms with Crippen molar-refractivity contribution in [2.75, 3.05) is 0 Å². The predicted molar refractivity (Wildman–Crippen MR) is 33.0 cm³/mol. The highest BCUT2D eigenvalue weighted by Gasteiger charge is 2.13. The van der Waals surface area contributed by atoms with Crippen LogP contribution in [0, 0.1) is 0 Å². The topological polar surface area (TPSA) is 138 Å². The lowest BCUT2D eigenvalue weighted by Crippen LogP contribution is -2.34. The van der Waals surface area contributed by atoms with Crippen molar-refractivity contribution >= 4 is 11.9 Å². The van der Waals surface area contributed by atoms with Crippen molar-refractivity contribution < 1.29 is 20.2 Å². The zero-order valence-electron chi connectivity index (χ0n) is 5.20. The number of nitrogens with two attached hydrogens (primary N) is 2. The van der Waals surface area contributed by atoms with Gasteiger partial charge in [0.1, 0.15) is 6.04 Å². The molecule has 0 saturated heterocycles. The number of rotatable bonds is 3. The van der Waals surface area contributed by atoms with Gasteiger partial charge in [-0.25, -0.2) is 0 Å². The van der Waals surface area contributed by atoms with Crippen LogP contribution in [0.25, 0.3) is 0 Å². The largest absolute Gasteiger partial charge is 0.480 e. The zero-order chi connectivity index (χ0) is 7.44. The Labute approximate surface area is 57.1 Å². The van der Waals surface area contributed by atoms with Gasteiger partial charge in [0.2, 0.25) is 5.91 Å². The van der Waals surface area contributed by atoms with Crippen LogP contribution in [0.15, 0.2) is 0 Å². The molecule has 0 heterocycles. The highest BCUT2D eigenvalue weighted by molar-refractivity contribution is 5.82. The lowest BCUT2D eigenvalue weighted by atomic mass is 10.2. The van der Waals surface area contributed by atoms with E-state index < -0.39 is 17.9 Å². The van der Waals surface area contributed by atoms with E-state index in [2.05, 4.69) is 5.73 Å². The molecule has 0 rings (SSSR count). The van der Waals surface area contributed by atoms with E-state index >= 15 is 0 Å². The average molecular weight is 151 g/mol. The summed E-state index contributed by atoms with van der Waals surface area (Å²) in [6.45, 7) is 0. The van der Waals surface area contributed by atoms with Gasteiger partial charge in [0.15, 0.2) is 0 Å². The Morgan fingerprint density at radius 2 is 1.90 bits per heavy atom. The summed E-state index contributed by atoms with van der Waals surface area (Å²) in [5, 5.41) is 8.10. The van der Waals surface area contributed by atoms with Crippen molar-refractivity contribution in [3.63, 3.8) is 0 Å². The van der Waals surface area contributed by atoms with Crippen molar-refractivity contribution in [2.24, 2.45) is 11.5 Å². The normalized spacial score (nSPS) is 11.3. The van der Waals surface area contributed by atoms with Gasteiger partial charge >= 0.3 is 5.97 Å². The molecule has 0 aliphatic heterocycles. The van der Waals surface area contributed by atoms with Crippen LogP contribution in [-0.2, 0) is 9.59 Å². The van der Waals surface area contributed by atoms with E-state index in [1.807, 2.05) is 0 Å². The first-order chi connectivity index (χ1) is 4.04. The summed E-state index contributed by atoms with van der Waals surface area (Å²) in [4.78, 5) is 19.9. The van der Waals surface area contributed by atoms with Crippen LogP contribution in [0.4, 0.5) is 0 Å². The maximum atomic E-state index is 9.99. The van der Waals surface area contributed by atoms with Gasteiger partial charge in [-0.05, 0) is 0 Å². The fraction of sp³-hybridized carbons (Fsp3) is 0.500. The molecule has 6 nitrogen and oxygen atoms in total. The number of hydrogen-bond acceptors (Lipinski definition) is 3. The molecule has 1 atom stereocenters. The second-order valence-corrected chi connectivity index (χ2v) is 1.62. The standard InChI is InChI=1S/C4H8N2O3.H2O/c5-2(4(8)9)1-3(6)7;/h2H,1,5H2,(H2,6,7)(H,8,9);1H2/t2-;/m0./s1/i5+1;. The SMILES string of the molecule is NC(=O)C[C@H]([15NH2])C(=O)O.O. The van der Waals surface area contributed by atoms with Gasteiger partial charge in [-0.2, -0.15) is 0 Å². The van der Waals surface area contributed by atoms with Crippen LogP contribution >= 0.6 is 0 Å². The Morgan fingerprint density at radius 3 is 2.00 bits per heavy atom. The Bertz CT molecular complexity index is 135. The molecule has 0 spiro atoms. The molecule has 60 valence electrons. The molecule has 0 aromatic carbocycles. The summed E-state index contributed by atoms with van der Waals surface area (Å²) in [5.41, 5.74) is 9.57. The minimum Gasteiger partial charge on any atom is -0.480 e. The Balaban J connectivity index is 0. The summed E-state index contributed by atoms with van der Waals surface area (Å²) in [6.07, 6.45) is -0.310. The minimum atomic E-state index is -1.21. The third-order valence-electron chi connectivity index (χ3n) is 0.738. The number of hydrogen-bond donors (Lipinski definition) is 3. The quantitative estimate of drug-likeness (QED) is 0.382. The molecule has 0 radical (unpaired) electrons. The monoisotopic (exact) mass is 151 g/mol. The van der Waals surface area contributed by atoms with E-state index in [1.54, 1.807) is 0 Å². The van der Waals surface area contributed by atoms with Crippen molar-refractivity contribution in [3.8, 4) is 0 Å². The Morgan fingerprint density at radius 1 is 1.50 bits per heavy atom. The molecular weight excluding hydrogens is 141 g/mol. The zero-order valence-corrected chi connectivity index (χ0v) is 5.20. The third kappa shape index (κ3) is 5.01. The molecule has 0 fully saturated rings. The average Bonchev–Trinajstić information content (AvgIpc) is 1.63. The molecule has 1 amide bonds. The van der Waals surface area contributed by atoms with Gasteiger partial charge in [-0.3, -0.25) is 9.59 Å². The number of primary amides is 1. The lowest BCUT2D eigenvalue weighted by Gasteiger charge is -1.99. The fourth-order valence-electron chi connectivity index (χ4n) is 0.304. The molecule has 0 unspecified atom stereocenters. The molecule has 7 N–H and O–H groups in total. The van der Waals surface area contributed by atoms with Crippen molar-refractivity contribution in [1.82, 2.24) is 0 Å². The summed E-state index contributed by atoms with van der Waals surface area (Å²) in [7, 11) is 0. The van der Waals surface area contributed by atoms with E-state index in [-0.39, 0.29) is 11.9 Å². The van der Waals surface area contributed by atoms with Crippen LogP contribution in [0.1, 0.15) is 6.42 Å². The van der Waals surface area contributed by atoms with E-state index in [4.69, 9.17) is 10.8 Å². The summed E-state index contributed by atoms with van der Waals surface area (Å²) in [5.74, 6) is -1.92. The lowest BCUT2D eigenvalue weighted by molar-refractivity contribution is -0.140. The van der Waals surface area contributed by atoms with E-state index in [9.17, 15) is 9.59 Å². The number of carbonyl (C=O) groups is 2. The number of amides is 1. The number of carboxylic acids is 1. The van der Waals surface area contributed by atoms with Crippen LogP contribution < -0.4 is 11.5 Å². The van der Waals surface area contributed by atoms with Crippen LogP contribution in [0.5, 0.6) is 0 Å². The maximum Gasteiger partial charge on any atom is 0.321 e. The first-order valence-electron chi connectivity index (χ1n) is 2.30. The molecular formula is C4H10N2O4. The second kappa shape index (κ2) is 4.71. The van der Waals surface area contributed by atoms with Gasteiger partial charge in [-0.15, -0.1) is 0 Å². The van der Waals surface area contributed by atoms with E-state index in [1.165, 1.54) is 0 Å². The Hall–Kier alpha value is -1.14. The van der Waals surface area contributed by atoms with Crippen molar-refractivity contribution in [2.45, 2.75) is 12.5 Å². The van der Waals surface area contributed by atoms with Gasteiger partial charge in [0.05, 0.1) is 6.42 Å². The molecule has 0 aromatic heterocycles. The number of carbonyl (C=O) groups excluding carboxylic acids is 1. The van der Waals surface area contributed by atoms with Crippen LogP contribution in [0.3, 0.4) is 0 Å². The molecule has 0 aromatic rings. The van der Waals surface area contributed by atoms with Crippen LogP contribution in [0.2, 0.25) is 0 Å². The number of aliphatic carboxylic acids is 1. The second-order valence-electron chi connectivity index (χ2n) is 1.62. The van der Waals surface area contributed by atoms with E-state index in [0.29, 0.717) is 0 Å². The third-order valence-corrected chi connectivity index (χ3v) is 0.738. The van der Waals surface area contributed by atoms with Crippen molar-refractivity contribution in [1.29, 1.82) is 0 Å². The molecule has 0 bridgehead atoms. The highest BCUT2D eigenvalue weighted by Crippen LogP contribution is 1.84. The van der Waals surface area contributed by atoms with Crippen molar-refractivity contribution in [3.05, 3.63) is 0 Å². The molecule has 0 saturated carbocycles. The van der Waals surface area contributed by atoms with Crippen LogP contribution in [-0.4, -0.2) is 28.5 Å². The number of carboxylic acid groups (broad SMARTS) is 1. The fourth-order valence-corrected chi connectivity index (χ4v) is 0.304. The summed E-state index contributed by atoms with van der Waals surface area (Å²) in [6, 6.07) is -1.16. The molecule has 0 aliphatic rings.